The van der Waals surface area contributed by atoms with E-state index in [1.54, 1.807) is 26.4 Å². The molecule has 0 saturated carbocycles. The Morgan fingerprint density at radius 1 is 1.10 bits per heavy atom. The summed E-state index contributed by atoms with van der Waals surface area (Å²) in [7, 11) is 3.15. The van der Waals surface area contributed by atoms with E-state index in [4.69, 9.17) is 9.47 Å². The highest BCUT2D eigenvalue weighted by Gasteiger charge is 2.26. The number of aromatic nitrogens is 1. The molecular weight excluding hydrogens is 396 g/mol. The summed E-state index contributed by atoms with van der Waals surface area (Å²) in [6.45, 7) is 6.28. The number of methoxy groups -OCH3 is 2. The van der Waals surface area contributed by atoms with Crippen LogP contribution < -0.4 is 9.47 Å². The van der Waals surface area contributed by atoms with E-state index in [1.165, 1.54) is 11.3 Å². The highest BCUT2D eigenvalue weighted by molar-refractivity contribution is 7.10. The molecule has 0 N–H and O–H groups in total. The summed E-state index contributed by atoms with van der Waals surface area (Å²) in [5.41, 5.74) is 3.01. The summed E-state index contributed by atoms with van der Waals surface area (Å²) >= 11 is 1.31. The van der Waals surface area contributed by atoms with Gasteiger partial charge in [0.05, 0.1) is 26.0 Å². The summed E-state index contributed by atoms with van der Waals surface area (Å²) in [6, 6.07) is 15.1. The zero-order valence-corrected chi connectivity index (χ0v) is 18.5. The fourth-order valence-electron chi connectivity index (χ4n) is 3.08. The molecule has 1 unspecified atom stereocenters. The molecule has 3 rings (SSSR count). The second-order valence-corrected chi connectivity index (χ2v) is 8.79. The molecule has 0 amide bonds. The van der Waals surface area contributed by atoms with Gasteiger partial charge in [-0.05, 0) is 35.2 Å². The van der Waals surface area contributed by atoms with E-state index in [2.05, 4.69) is 31.8 Å². The van der Waals surface area contributed by atoms with Gasteiger partial charge in [-0.1, -0.05) is 39.0 Å². The van der Waals surface area contributed by atoms with E-state index < -0.39 is 5.92 Å². The monoisotopic (exact) mass is 420 g/mol. The van der Waals surface area contributed by atoms with Gasteiger partial charge in [0.25, 0.3) is 0 Å². The third-order valence-corrected chi connectivity index (χ3v) is 5.76. The minimum Gasteiger partial charge on any atom is -0.493 e. The van der Waals surface area contributed by atoms with Crippen LogP contribution in [0.3, 0.4) is 0 Å². The standard InChI is InChI=1S/C24H24N2O3S/c1-24(2,3)17-8-6-7-16(11-17)22(27)18(13-25)23-26-19(14-30-23)15-9-10-20(28-4)21(12-15)29-5/h6-12,14,18H,1-5H3. The number of thiazole rings is 1. The van der Waals surface area contributed by atoms with Gasteiger partial charge in [0.15, 0.2) is 23.2 Å². The molecule has 0 bridgehead atoms. The van der Waals surface area contributed by atoms with Crippen molar-refractivity contribution in [2.75, 3.05) is 14.2 Å². The van der Waals surface area contributed by atoms with Crippen LogP contribution in [-0.4, -0.2) is 25.0 Å². The zero-order valence-electron chi connectivity index (χ0n) is 17.7. The molecule has 0 aliphatic carbocycles. The lowest BCUT2D eigenvalue weighted by atomic mass is 9.85. The van der Waals surface area contributed by atoms with Crippen molar-refractivity contribution in [2.45, 2.75) is 32.1 Å². The maximum atomic E-state index is 13.1. The van der Waals surface area contributed by atoms with Crippen LogP contribution in [0.2, 0.25) is 0 Å². The predicted molar refractivity (Wildman–Crippen MR) is 118 cm³/mol. The van der Waals surface area contributed by atoms with Crippen LogP contribution in [0.1, 0.15) is 47.6 Å². The topological polar surface area (TPSA) is 72.2 Å². The highest BCUT2D eigenvalue weighted by Crippen LogP contribution is 2.34. The second kappa shape index (κ2) is 8.68. The third kappa shape index (κ3) is 4.37. The molecule has 5 nitrogen and oxygen atoms in total. The summed E-state index contributed by atoms with van der Waals surface area (Å²) in [6.07, 6.45) is 0. The Balaban J connectivity index is 1.92. The molecule has 0 fully saturated rings. The molecule has 0 saturated heterocycles. The molecule has 0 radical (unpaired) electrons. The minimum absolute atomic E-state index is 0.0831. The lowest BCUT2D eigenvalue weighted by Gasteiger charge is -2.19. The normalized spacial score (nSPS) is 12.1. The van der Waals surface area contributed by atoms with Gasteiger partial charge in [-0.25, -0.2) is 4.98 Å². The van der Waals surface area contributed by atoms with Crippen molar-refractivity contribution in [2.24, 2.45) is 0 Å². The number of nitriles is 1. The number of ether oxygens (including phenoxy) is 2. The molecule has 0 spiro atoms. The first-order valence-corrected chi connectivity index (χ1v) is 10.4. The minimum atomic E-state index is -0.945. The van der Waals surface area contributed by atoms with Gasteiger partial charge in [-0.3, -0.25) is 4.79 Å². The van der Waals surface area contributed by atoms with Crippen LogP contribution in [0.4, 0.5) is 0 Å². The van der Waals surface area contributed by atoms with E-state index in [0.717, 1.165) is 11.1 Å². The fourth-order valence-corrected chi connectivity index (χ4v) is 3.95. The molecule has 30 heavy (non-hydrogen) atoms. The Labute approximate surface area is 180 Å². The number of carbonyl (C=O) groups is 1. The lowest BCUT2D eigenvalue weighted by Crippen LogP contribution is -2.15. The van der Waals surface area contributed by atoms with Gasteiger partial charge in [-0.15, -0.1) is 11.3 Å². The molecule has 3 aromatic rings. The SMILES string of the molecule is COc1ccc(-c2csc(C(C#N)C(=O)c3cccc(C(C)(C)C)c3)n2)cc1OC. The Kier molecular flexibility index (Phi) is 6.23. The molecule has 0 aliphatic heterocycles. The van der Waals surface area contributed by atoms with Gasteiger partial charge < -0.3 is 9.47 Å². The van der Waals surface area contributed by atoms with Crippen LogP contribution in [0.15, 0.2) is 47.8 Å². The zero-order chi connectivity index (χ0) is 21.9. The number of ketones is 1. The first-order valence-electron chi connectivity index (χ1n) is 9.50. The van der Waals surface area contributed by atoms with Crippen molar-refractivity contribution in [3.05, 3.63) is 64.0 Å². The van der Waals surface area contributed by atoms with Gasteiger partial charge in [-0.2, -0.15) is 5.26 Å². The van der Waals surface area contributed by atoms with Gasteiger partial charge in [0.2, 0.25) is 0 Å². The molecule has 1 aromatic heterocycles. The Morgan fingerprint density at radius 3 is 2.47 bits per heavy atom. The first-order chi connectivity index (χ1) is 14.3. The molecule has 0 aliphatic rings. The highest BCUT2D eigenvalue weighted by atomic mass is 32.1. The summed E-state index contributed by atoms with van der Waals surface area (Å²) in [4.78, 5) is 17.7. The largest absolute Gasteiger partial charge is 0.493 e. The summed E-state index contributed by atoms with van der Waals surface area (Å²) in [5, 5.41) is 12.1. The molecule has 6 heteroatoms. The molecule has 2 aromatic carbocycles. The Morgan fingerprint density at radius 2 is 1.83 bits per heavy atom. The van der Waals surface area contributed by atoms with Crippen LogP contribution in [0.25, 0.3) is 11.3 Å². The predicted octanol–water partition coefficient (Wildman–Crippen LogP) is 5.61. The van der Waals surface area contributed by atoms with E-state index >= 15 is 0 Å². The van der Waals surface area contributed by atoms with Crippen LogP contribution in [-0.2, 0) is 5.41 Å². The molecule has 1 heterocycles. The van der Waals surface area contributed by atoms with E-state index in [-0.39, 0.29) is 11.2 Å². The van der Waals surface area contributed by atoms with Crippen molar-refractivity contribution in [3.63, 3.8) is 0 Å². The average molecular weight is 421 g/mol. The summed E-state index contributed by atoms with van der Waals surface area (Å²) in [5.74, 6) is 0.0351. The lowest BCUT2D eigenvalue weighted by molar-refractivity contribution is 0.0978. The van der Waals surface area contributed by atoms with Crippen LogP contribution in [0, 0.1) is 11.3 Å². The van der Waals surface area contributed by atoms with Crippen molar-refractivity contribution in [3.8, 4) is 28.8 Å². The van der Waals surface area contributed by atoms with Crippen molar-refractivity contribution < 1.29 is 14.3 Å². The molecule has 1 atom stereocenters. The van der Waals surface area contributed by atoms with Crippen molar-refractivity contribution >= 4 is 17.1 Å². The van der Waals surface area contributed by atoms with Gasteiger partial charge in [0, 0.05) is 16.5 Å². The average Bonchev–Trinajstić information content (AvgIpc) is 3.23. The molecular formula is C24H24N2O3S. The fraction of sp³-hybridized carbons (Fsp3) is 0.292. The first kappa shape index (κ1) is 21.5. The second-order valence-electron chi connectivity index (χ2n) is 7.90. The Bertz CT molecular complexity index is 1110. The summed E-state index contributed by atoms with van der Waals surface area (Å²) < 4.78 is 10.6. The van der Waals surface area contributed by atoms with Gasteiger partial charge >= 0.3 is 0 Å². The molecule has 154 valence electrons. The van der Waals surface area contributed by atoms with Crippen LogP contribution in [0.5, 0.6) is 11.5 Å². The maximum absolute atomic E-state index is 13.1. The van der Waals surface area contributed by atoms with E-state index in [0.29, 0.717) is 27.8 Å². The smallest absolute Gasteiger partial charge is 0.186 e. The van der Waals surface area contributed by atoms with E-state index in [1.807, 2.05) is 35.7 Å². The van der Waals surface area contributed by atoms with E-state index in [9.17, 15) is 10.1 Å². The number of Topliss-reactive ketones (excluding diaryl/α,β-unsaturated/α-hetero) is 1. The van der Waals surface area contributed by atoms with Crippen molar-refractivity contribution in [1.82, 2.24) is 4.98 Å². The number of carbonyl (C=O) groups excluding carboxylic acids is 1. The number of rotatable bonds is 6. The van der Waals surface area contributed by atoms with Crippen LogP contribution >= 0.6 is 11.3 Å². The number of hydrogen-bond acceptors (Lipinski definition) is 6. The van der Waals surface area contributed by atoms with Gasteiger partial charge in [0.1, 0.15) is 5.01 Å². The quantitative estimate of drug-likeness (QED) is 0.484. The Hall–Kier alpha value is -3.17. The van der Waals surface area contributed by atoms with Crippen molar-refractivity contribution in [1.29, 1.82) is 5.26 Å². The number of nitrogens with zero attached hydrogens (tertiary/aromatic N) is 2. The third-order valence-electron chi connectivity index (χ3n) is 4.85. The number of benzene rings is 2. The maximum Gasteiger partial charge on any atom is 0.186 e. The number of hydrogen-bond donors (Lipinski definition) is 0.